The standard InChI is InChI=1S/C13H18N2O4S/c1-8-3-4-10(7-12(8)20(14,17)18)13(16)15-11-5-6-19-9(11)2/h3-4,7,9,11H,5-6H2,1-2H3,(H,15,16)(H2,14,17,18). The van der Waals surface area contributed by atoms with Crippen LogP contribution >= 0.6 is 0 Å². The summed E-state index contributed by atoms with van der Waals surface area (Å²) < 4.78 is 28.3. The van der Waals surface area contributed by atoms with Crippen LogP contribution in [-0.4, -0.2) is 33.1 Å². The highest BCUT2D eigenvalue weighted by molar-refractivity contribution is 7.89. The van der Waals surface area contributed by atoms with Crippen molar-refractivity contribution in [2.45, 2.75) is 37.3 Å². The maximum absolute atomic E-state index is 12.1. The quantitative estimate of drug-likeness (QED) is 0.851. The molecule has 20 heavy (non-hydrogen) atoms. The highest BCUT2D eigenvalue weighted by Gasteiger charge is 2.26. The van der Waals surface area contributed by atoms with Crippen molar-refractivity contribution in [2.75, 3.05) is 6.61 Å². The Labute approximate surface area is 118 Å². The molecule has 2 rings (SSSR count). The predicted octanol–water partition coefficient (Wildman–Crippen LogP) is 0.550. The molecule has 6 nitrogen and oxygen atoms in total. The Kier molecular flexibility index (Phi) is 4.12. The molecule has 3 N–H and O–H groups in total. The average molecular weight is 298 g/mol. The van der Waals surface area contributed by atoms with Gasteiger partial charge in [-0.2, -0.15) is 0 Å². The SMILES string of the molecule is Cc1ccc(C(=O)NC2CCOC2C)cc1S(N)(=O)=O. The number of nitrogens with one attached hydrogen (secondary N) is 1. The van der Waals surface area contributed by atoms with Gasteiger partial charge >= 0.3 is 0 Å². The molecule has 1 fully saturated rings. The predicted molar refractivity (Wildman–Crippen MR) is 73.8 cm³/mol. The Bertz CT molecular complexity index is 627. The van der Waals surface area contributed by atoms with Gasteiger partial charge in [-0.3, -0.25) is 4.79 Å². The molecule has 1 aromatic carbocycles. The fourth-order valence-corrected chi connectivity index (χ4v) is 3.03. The smallest absolute Gasteiger partial charge is 0.251 e. The number of carbonyl (C=O) groups is 1. The van der Waals surface area contributed by atoms with Crippen LogP contribution in [0.5, 0.6) is 0 Å². The van der Waals surface area contributed by atoms with E-state index < -0.39 is 10.0 Å². The average Bonchev–Trinajstić information content (AvgIpc) is 2.74. The van der Waals surface area contributed by atoms with Gasteiger partial charge in [0.25, 0.3) is 5.91 Å². The second-order valence-corrected chi connectivity index (χ2v) is 6.50. The van der Waals surface area contributed by atoms with E-state index in [1.54, 1.807) is 19.1 Å². The zero-order valence-electron chi connectivity index (χ0n) is 11.4. The summed E-state index contributed by atoms with van der Waals surface area (Å²) in [7, 11) is -3.83. The van der Waals surface area contributed by atoms with Gasteiger partial charge in [0, 0.05) is 12.2 Å². The lowest BCUT2D eigenvalue weighted by Gasteiger charge is -2.16. The first-order chi connectivity index (χ1) is 9.29. The molecular formula is C13H18N2O4S. The van der Waals surface area contributed by atoms with Crippen LogP contribution in [0.2, 0.25) is 0 Å². The van der Waals surface area contributed by atoms with Gasteiger partial charge in [0.1, 0.15) is 0 Å². The van der Waals surface area contributed by atoms with E-state index in [4.69, 9.17) is 9.88 Å². The van der Waals surface area contributed by atoms with Gasteiger partial charge in [0.15, 0.2) is 0 Å². The van der Waals surface area contributed by atoms with Crippen LogP contribution in [0.1, 0.15) is 29.3 Å². The minimum Gasteiger partial charge on any atom is -0.376 e. The molecule has 7 heteroatoms. The number of primary sulfonamides is 1. The Hall–Kier alpha value is -1.44. The largest absolute Gasteiger partial charge is 0.376 e. The van der Waals surface area contributed by atoms with Crippen molar-refractivity contribution in [3.63, 3.8) is 0 Å². The van der Waals surface area contributed by atoms with Gasteiger partial charge in [0.05, 0.1) is 17.0 Å². The maximum atomic E-state index is 12.1. The summed E-state index contributed by atoms with van der Waals surface area (Å²) in [6.45, 7) is 4.14. The van der Waals surface area contributed by atoms with Gasteiger partial charge in [0.2, 0.25) is 10.0 Å². The normalized spacial score (nSPS) is 22.8. The summed E-state index contributed by atoms with van der Waals surface area (Å²) in [6, 6.07) is 4.41. The van der Waals surface area contributed by atoms with E-state index in [9.17, 15) is 13.2 Å². The number of carbonyl (C=O) groups excluding carboxylic acids is 1. The number of nitrogens with two attached hydrogens (primary N) is 1. The minimum atomic E-state index is -3.83. The van der Waals surface area contributed by atoms with Crippen molar-refractivity contribution in [3.8, 4) is 0 Å². The first-order valence-corrected chi connectivity index (χ1v) is 7.89. The number of ether oxygens (including phenoxy) is 1. The van der Waals surface area contributed by atoms with E-state index in [1.807, 2.05) is 6.92 Å². The molecule has 1 aromatic rings. The number of amides is 1. The molecule has 0 aliphatic carbocycles. The fraction of sp³-hybridized carbons (Fsp3) is 0.462. The molecule has 0 saturated carbocycles. The summed E-state index contributed by atoms with van der Waals surface area (Å²) >= 11 is 0. The third kappa shape index (κ3) is 3.17. The van der Waals surface area contributed by atoms with Crippen molar-refractivity contribution < 1.29 is 17.9 Å². The molecule has 2 atom stereocenters. The number of aryl methyl sites for hydroxylation is 1. The molecule has 110 valence electrons. The Morgan fingerprint density at radius 3 is 2.70 bits per heavy atom. The van der Waals surface area contributed by atoms with Crippen LogP contribution in [0.4, 0.5) is 0 Å². The summed E-state index contributed by atoms with van der Waals surface area (Å²) in [5.41, 5.74) is 0.792. The van der Waals surface area contributed by atoms with Gasteiger partial charge in [-0.15, -0.1) is 0 Å². The van der Waals surface area contributed by atoms with E-state index in [2.05, 4.69) is 5.32 Å². The highest BCUT2D eigenvalue weighted by Crippen LogP contribution is 2.17. The van der Waals surface area contributed by atoms with Crippen LogP contribution in [0.25, 0.3) is 0 Å². The lowest BCUT2D eigenvalue weighted by atomic mass is 10.1. The Balaban J connectivity index is 2.23. The first kappa shape index (κ1) is 15.0. The number of sulfonamides is 1. The van der Waals surface area contributed by atoms with E-state index >= 15 is 0 Å². The Morgan fingerprint density at radius 1 is 1.45 bits per heavy atom. The van der Waals surface area contributed by atoms with E-state index in [-0.39, 0.29) is 28.5 Å². The maximum Gasteiger partial charge on any atom is 0.251 e. The Morgan fingerprint density at radius 2 is 2.15 bits per heavy atom. The third-order valence-electron chi connectivity index (χ3n) is 3.45. The summed E-state index contributed by atoms with van der Waals surface area (Å²) in [5.74, 6) is -0.322. The number of hydrogen-bond donors (Lipinski definition) is 2. The zero-order chi connectivity index (χ0) is 14.9. The molecular weight excluding hydrogens is 280 g/mol. The van der Waals surface area contributed by atoms with Gasteiger partial charge in [-0.25, -0.2) is 13.6 Å². The van der Waals surface area contributed by atoms with Gasteiger partial charge in [-0.1, -0.05) is 6.07 Å². The fourth-order valence-electron chi connectivity index (χ4n) is 2.22. The zero-order valence-corrected chi connectivity index (χ0v) is 12.2. The molecule has 0 aromatic heterocycles. The van der Waals surface area contributed by atoms with Gasteiger partial charge < -0.3 is 10.1 Å². The molecule has 1 heterocycles. The molecule has 1 amide bonds. The number of hydrogen-bond acceptors (Lipinski definition) is 4. The molecule has 2 unspecified atom stereocenters. The van der Waals surface area contributed by atoms with Crippen molar-refractivity contribution >= 4 is 15.9 Å². The van der Waals surface area contributed by atoms with Crippen molar-refractivity contribution in [1.82, 2.24) is 5.32 Å². The lowest BCUT2D eigenvalue weighted by Crippen LogP contribution is -2.39. The second kappa shape index (κ2) is 5.51. The van der Waals surface area contributed by atoms with Crippen LogP contribution < -0.4 is 10.5 Å². The monoisotopic (exact) mass is 298 g/mol. The van der Waals surface area contributed by atoms with Crippen molar-refractivity contribution in [1.29, 1.82) is 0 Å². The van der Waals surface area contributed by atoms with E-state index in [1.165, 1.54) is 6.07 Å². The summed E-state index contributed by atoms with van der Waals surface area (Å²) in [4.78, 5) is 12.1. The van der Waals surface area contributed by atoms with Crippen LogP contribution in [0.15, 0.2) is 23.1 Å². The molecule has 1 aliphatic rings. The molecule has 0 spiro atoms. The molecule has 0 bridgehead atoms. The number of benzene rings is 1. The summed E-state index contributed by atoms with van der Waals surface area (Å²) in [6.07, 6.45) is 0.711. The topological polar surface area (TPSA) is 98.5 Å². The van der Waals surface area contributed by atoms with E-state index in [0.717, 1.165) is 6.42 Å². The third-order valence-corrected chi connectivity index (χ3v) is 4.50. The van der Waals surface area contributed by atoms with Crippen LogP contribution in [0, 0.1) is 6.92 Å². The first-order valence-electron chi connectivity index (χ1n) is 6.35. The number of rotatable bonds is 3. The molecule has 1 aliphatic heterocycles. The second-order valence-electron chi connectivity index (χ2n) is 4.97. The molecule has 0 radical (unpaired) electrons. The lowest BCUT2D eigenvalue weighted by molar-refractivity contribution is 0.0866. The van der Waals surface area contributed by atoms with Crippen LogP contribution in [0.3, 0.4) is 0 Å². The van der Waals surface area contributed by atoms with Crippen molar-refractivity contribution in [2.24, 2.45) is 5.14 Å². The van der Waals surface area contributed by atoms with Crippen molar-refractivity contribution in [3.05, 3.63) is 29.3 Å². The summed E-state index contributed by atoms with van der Waals surface area (Å²) in [5, 5.41) is 7.98. The van der Waals surface area contributed by atoms with E-state index in [0.29, 0.717) is 12.2 Å². The minimum absolute atomic E-state index is 0.0270. The van der Waals surface area contributed by atoms with Gasteiger partial charge in [-0.05, 0) is 38.0 Å². The van der Waals surface area contributed by atoms with Crippen LogP contribution in [-0.2, 0) is 14.8 Å². The highest BCUT2D eigenvalue weighted by atomic mass is 32.2. The molecule has 1 saturated heterocycles.